The predicted octanol–water partition coefficient (Wildman–Crippen LogP) is 7.90. The second kappa shape index (κ2) is 10.5. The molecule has 4 heteroatoms. The van der Waals surface area contributed by atoms with E-state index in [0.717, 1.165) is 11.8 Å². The first-order valence-corrected chi connectivity index (χ1v) is 10.9. The lowest BCUT2D eigenvalue weighted by Crippen LogP contribution is -2.17. The summed E-state index contributed by atoms with van der Waals surface area (Å²) >= 11 is 5.70. The van der Waals surface area contributed by atoms with Crippen LogP contribution in [0.25, 0.3) is 0 Å². The van der Waals surface area contributed by atoms with Crippen molar-refractivity contribution < 1.29 is 13.5 Å². The molecule has 0 amide bonds. The number of rotatable bonds is 7. The maximum atomic E-state index is 12.2. The van der Waals surface area contributed by atoms with Gasteiger partial charge in [-0.3, -0.25) is 0 Å². The summed E-state index contributed by atoms with van der Waals surface area (Å²) in [7, 11) is 0. The average molecular weight is 397 g/mol. The summed E-state index contributed by atoms with van der Waals surface area (Å²) < 4.78 is 28.9. The molecule has 0 aromatic heterocycles. The normalized spacial score (nSPS) is 29.3. The van der Waals surface area contributed by atoms with E-state index < -0.39 is 6.61 Å². The third-order valence-electron chi connectivity index (χ3n) is 6.64. The molecule has 0 atom stereocenters. The molecule has 0 spiro atoms. The summed E-state index contributed by atoms with van der Waals surface area (Å²) in [6.07, 6.45) is 15.2. The lowest BCUT2D eigenvalue weighted by molar-refractivity contribution is -0.0498. The van der Waals surface area contributed by atoms with Crippen molar-refractivity contribution in [1.82, 2.24) is 0 Å². The van der Waals surface area contributed by atoms with Crippen LogP contribution in [0.5, 0.6) is 5.75 Å². The molecule has 0 radical (unpaired) electrons. The van der Waals surface area contributed by atoms with Crippen LogP contribution in [0.4, 0.5) is 8.78 Å². The van der Waals surface area contributed by atoms with Crippen molar-refractivity contribution in [3.8, 4) is 5.75 Å². The molecule has 0 saturated heterocycles. The fraction of sp³-hybridized carbons (Fsp3) is 0.652. The van der Waals surface area contributed by atoms with Gasteiger partial charge in [-0.1, -0.05) is 42.7 Å². The summed E-state index contributed by atoms with van der Waals surface area (Å²) in [5, 5.41) is 0. The zero-order valence-electron chi connectivity index (χ0n) is 16.0. The van der Waals surface area contributed by atoms with Crippen molar-refractivity contribution in [3.05, 3.63) is 41.4 Å². The molecule has 150 valence electrons. The van der Waals surface area contributed by atoms with Gasteiger partial charge in [-0.05, 0) is 92.7 Å². The largest absolute Gasteiger partial charge is 0.435 e. The van der Waals surface area contributed by atoms with E-state index in [9.17, 15) is 8.78 Å². The van der Waals surface area contributed by atoms with Gasteiger partial charge in [0.15, 0.2) is 0 Å². The highest BCUT2D eigenvalue weighted by Gasteiger charge is 2.25. The van der Waals surface area contributed by atoms with Gasteiger partial charge in [-0.25, -0.2) is 0 Å². The third-order valence-corrected chi connectivity index (χ3v) is 6.79. The van der Waals surface area contributed by atoms with Crippen molar-refractivity contribution in [2.75, 3.05) is 0 Å². The molecule has 2 aliphatic rings. The SMILES string of the molecule is FC(F)Oc1ccc(C2CCC(CC[C@H]3CC[C@H](/C=C/Cl)CC3)CC2)cc1. The van der Waals surface area contributed by atoms with E-state index in [1.807, 2.05) is 12.1 Å². The number of hydrogen-bond donors (Lipinski definition) is 0. The Labute approximate surface area is 167 Å². The summed E-state index contributed by atoms with van der Waals surface area (Å²) in [5.74, 6) is 3.29. The third kappa shape index (κ3) is 6.48. The van der Waals surface area contributed by atoms with Crippen molar-refractivity contribution in [3.63, 3.8) is 0 Å². The van der Waals surface area contributed by atoms with Gasteiger partial charge in [0.1, 0.15) is 5.75 Å². The van der Waals surface area contributed by atoms with Gasteiger partial charge >= 0.3 is 6.61 Å². The number of ether oxygens (including phenoxy) is 1. The van der Waals surface area contributed by atoms with Crippen molar-refractivity contribution in [2.24, 2.45) is 17.8 Å². The van der Waals surface area contributed by atoms with Crippen molar-refractivity contribution in [1.29, 1.82) is 0 Å². The van der Waals surface area contributed by atoms with E-state index in [4.69, 9.17) is 11.6 Å². The lowest BCUT2D eigenvalue weighted by atomic mass is 9.74. The Kier molecular flexibility index (Phi) is 7.99. The molecule has 0 heterocycles. The van der Waals surface area contributed by atoms with E-state index in [1.54, 1.807) is 17.7 Å². The van der Waals surface area contributed by atoms with Crippen LogP contribution < -0.4 is 4.74 Å². The lowest BCUT2D eigenvalue weighted by Gasteiger charge is -2.31. The minimum atomic E-state index is -2.75. The first kappa shape index (κ1) is 20.6. The summed E-state index contributed by atoms with van der Waals surface area (Å²) in [4.78, 5) is 0. The van der Waals surface area contributed by atoms with Crippen LogP contribution in [0.2, 0.25) is 0 Å². The molecule has 0 bridgehead atoms. The number of hydrogen-bond acceptors (Lipinski definition) is 1. The maximum Gasteiger partial charge on any atom is 0.387 e. The molecule has 27 heavy (non-hydrogen) atoms. The number of allylic oxidation sites excluding steroid dienone is 1. The molecule has 3 rings (SSSR count). The van der Waals surface area contributed by atoms with Crippen LogP contribution in [0, 0.1) is 17.8 Å². The van der Waals surface area contributed by atoms with E-state index in [1.165, 1.54) is 69.8 Å². The Morgan fingerprint density at radius 2 is 1.44 bits per heavy atom. The van der Waals surface area contributed by atoms with Gasteiger partial charge < -0.3 is 4.74 Å². The smallest absolute Gasteiger partial charge is 0.387 e. The Morgan fingerprint density at radius 3 is 1.96 bits per heavy atom. The zero-order valence-corrected chi connectivity index (χ0v) is 16.7. The van der Waals surface area contributed by atoms with Crippen molar-refractivity contribution >= 4 is 11.6 Å². The molecule has 2 aliphatic carbocycles. The molecule has 1 aromatic carbocycles. The van der Waals surface area contributed by atoms with Gasteiger partial charge in [-0.2, -0.15) is 8.78 Å². The zero-order chi connectivity index (χ0) is 19.1. The van der Waals surface area contributed by atoms with E-state index in [2.05, 4.69) is 10.8 Å². The van der Waals surface area contributed by atoms with E-state index in [0.29, 0.717) is 11.8 Å². The topological polar surface area (TPSA) is 9.23 Å². The van der Waals surface area contributed by atoms with Crippen molar-refractivity contribution in [2.45, 2.75) is 76.7 Å². The second-order valence-electron chi connectivity index (χ2n) is 8.34. The summed E-state index contributed by atoms with van der Waals surface area (Å²) in [6, 6.07) is 7.25. The molecule has 0 N–H and O–H groups in total. The second-order valence-corrected chi connectivity index (χ2v) is 8.59. The minimum Gasteiger partial charge on any atom is -0.435 e. The first-order valence-electron chi connectivity index (χ1n) is 10.5. The minimum absolute atomic E-state index is 0.249. The number of alkyl halides is 2. The monoisotopic (exact) mass is 396 g/mol. The van der Waals surface area contributed by atoms with Crippen LogP contribution in [0.1, 0.15) is 75.7 Å². The van der Waals surface area contributed by atoms with Gasteiger partial charge in [0.25, 0.3) is 0 Å². The van der Waals surface area contributed by atoms with Gasteiger partial charge in [0, 0.05) is 5.54 Å². The highest BCUT2D eigenvalue weighted by Crippen LogP contribution is 2.40. The molecule has 0 unspecified atom stereocenters. The Morgan fingerprint density at radius 1 is 0.889 bits per heavy atom. The van der Waals surface area contributed by atoms with Crippen LogP contribution >= 0.6 is 11.6 Å². The van der Waals surface area contributed by atoms with Crippen LogP contribution in [-0.4, -0.2) is 6.61 Å². The molecule has 0 aliphatic heterocycles. The Balaban J connectivity index is 1.36. The van der Waals surface area contributed by atoms with Crippen LogP contribution in [0.15, 0.2) is 35.9 Å². The molecule has 1 aromatic rings. The molecular weight excluding hydrogens is 366 g/mol. The average Bonchev–Trinajstić information content (AvgIpc) is 2.68. The van der Waals surface area contributed by atoms with Gasteiger partial charge in [0.05, 0.1) is 0 Å². The maximum absolute atomic E-state index is 12.2. The number of benzene rings is 1. The highest BCUT2D eigenvalue weighted by atomic mass is 35.5. The highest BCUT2D eigenvalue weighted by molar-refractivity contribution is 6.25. The molecule has 2 saturated carbocycles. The summed E-state index contributed by atoms with van der Waals surface area (Å²) in [6.45, 7) is -2.75. The fourth-order valence-corrected chi connectivity index (χ4v) is 5.16. The van der Waals surface area contributed by atoms with Crippen LogP contribution in [-0.2, 0) is 0 Å². The predicted molar refractivity (Wildman–Crippen MR) is 107 cm³/mol. The molecule has 2 fully saturated rings. The van der Waals surface area contributed by atoms with E-state index in [-0.39, 0.29) is 5.75 Å². The first-order chi connectivity index (χ1) is 13.1. The quantitative estimate of drug-likeness (QED) is 0.455. The van der Waals surface area contributed by atoms with Gasteiger partial charge in [-0.15, -0.1) is 0 Å². The molecular formula is C23H31ClF2O. The number of halogens is 3. The Bertz CT molecular complexity index is 571. The molecule has 1 nitrogen and oxygen atoms in total. The van der Waals surface area contributed by atoms with Gasteiger partial charge in [0.2, 0.25) is 0 Å². The van der Waals surface area contributed by atoms with E-state index >= 15 is 0 Å². The van der Waals surface area contributed by atoms with Crippen LogP contribution in [0.3, 0.4) is 0 Å². The summed E-state index contributed by atoms with van der Waals surface area (Å²) in [5.41, 5.74) is 2.95. The Hall–Kier alpha value is -1.09. The fourth-order valence-electron chi connectivity index (χ4n) is 4.95. The standard InChI is InChI=1S/C23H31ClF2O/c24-16-15-19-5-3-17(4-6-19)1-2-18-7-9-20(10-8-18)21-11-13-22(14-12-21)27-23(25)26/h11-20,23H,1-10H2/b16-15+/t17-,18?,19-,20?.